The lowest BCUT2D eigenvalue weighted by Gasteiger charge is -2.06. The van der Waals surface area contributed by atoms with Gasteiger partial charge < -0.3 is 4.42 Å². The van der Waals surface area contributed by atoms with Gasteiger partial charge in [0.1, 0.15) is 5.58 Å². The molecule has 0 spiro atoms. The minimum Gasteiger partial charge on any atom is -0.422 e. The quantitative estimate of drug-likeness (QED) is 0.455. The van der Waals surface area contributed by atoms with Crippen LogP contribution in [0.5, 0.6) is 0 Å². The minimum absolute atomic E-state index is 0.279. The van der Waals surface area contributed by atoms with Crippen LogP contribution in [0, 0.1) is 6.92 Å². The summed E-state index contributed by atoms with van der Waals surface area (Å²) in [7, 11) is 0. The van der Waals surface area contributed by atoms with Gasteiger partial charge in [0.2, 0.25) is 0 Å². The van der Waals surface area contributed by atoms with Crippen molar-refractivity contribution in [3.8, 4) is 0 Å². The minimum atomic E-state index is -0.279. The van der Waals surface area contributed by atoms with Crippen molar-refractivity contribution in [3.63, 3.8) is 0 Å². The molecular formula is C16H13NO2. The van der Waals surface area contributed by atoms with Gasteiger partial charge in [-0.15, -0.1) is 0 Å². The summed E-state index contributed by atoms with van der Waals surface area (Å²) in [5.74, 6) is 0. The Hall–Kier alpha value is -2.16. The summed E-state index contributed by atoms with van der Waals surface area (Å²) in [6.07, 6.45) is 3.16. The summed E-state index contributed by atoms with van der Waals surface area (Å²) in [5, 5.41) is 1.54. The first-order valence-corrected chi connectivity index (χ1v) is 6.59. The van der Waals surface area contributed by atoms with Gasteiger partial charge in [0, 0.05) is 11.1 Å². The van der Waals surface area contributed by atoms with Crippen molar-refractivity contribution in [1.82, 2.24) is 4.98 Å². The van der Waals surface area contributed by atoms with Gasteiger partial charge in [-0.05, 0) is 49.4 Å². The monoisotopic (exact) mass is 251 g/mol. The van der Waals surface area contributed by atoms with Crippen LogP contribution in [0.1, 0.15) is 23.2 Å². The van der Waals surface area contributed by atoms with Crippen molar-refractivity contribution < 1.29 is 4.42 Å². The van der Waals surface area contributed by atoms with E-state index in [1.165, 1.54) is 5.56 Å². The van der Waals surface area contributed by atoms with Crippen molar-refractivity contribution in [2.45, 2.75) is 26.2 Å². The molecule has 1 aromatic carbocycles. The molecule has 3 nitrogen and oxygen atoms in total. The molecule has 0 radical (unpaired) electrons. The molecular weight excluding hydrogens is 238 g/mol. The fraction of sp³-hybridized carbons (Fsp3) is 0.250. The Morgan fingerprint density at radius 1 is 1.21 bits per heavy atom. The molecule has 94 valence electrons. The largest absolute Gasteiger partial charge is 0.422 e. The van der Waals surface area contributed by atoms with E-state index >= 15 is 0 Å². The Morgan fingerprint density at radius 3 is 3.00 bits per heavy atom. The second kappa shape index (κ2) is 3.67. The Balaban J connectivity index is 2.26. The molecule has 3 aromatic rings. The van der Waals surface area contributed by atoms with Crippen LogP contribution in [0.4, 0.5) is 0 Å². The zero-order valence-corrected chi connectivity index (χ0v) is 10.7. The van der Waals surface area contributed by atoms with E-state index < -0.39 is 0 Å². The summed E-state index contributed by atoms with van der Waals surface area (Å²) >= 11 is 0. The van der Waals surface area contributed by atoms with Crippen LogP contribution in [0.25, 0.3) is 21.9 Å². The van der Waals surface area contributed by atoms with E-state index in [9.17, 15) is 4.79 Å². The van der Waals surface area contributed by atoms with Crippen molar-refractivity contribution in [1.29, 1.82) is 0 Å². The van der Waals surface area contributed by atoms with Crippen LogP contribution in [-0.4, -0.2) is 4.98 Å². The van der Waals surface area contributed by atoms with Crippen molar-refractivity contribution in [2.75, 3.05) is 0 Å². The Labute approximate surface area is 109 Å². The molecule has 0 unspecified atom stereocenters. The third-order valence-corrected chi connectivity index (χ3v) is 3.93. The lowest BCUT2D eigenvalue weighted by atomic mass is 10.1. The number of pyridine rings is 1. The van der Waals surface area contributed by atoms with E-state index in [1.807, 2.05) is 31.2 Å². The second-order valence-corrected chi connectivity index (χ2v) is 5.19. The normalized spacial score (nSPS) is 14.2. The zero-order valence-electron chi connectivity index (χ0n) is 10.7. The molecule has 0 saturated heterocycles. The third kappa shape index (κ3) is 1.44. The third-order valence-electron chi connectivity index (χ3n) is 3.93. The summed E-state index contributed by atoms with van der Waals surface area (Å²) < 4.78 is 5.47. The van der Waals surface area contributed by atoms with E-state index in [0.29, 0.717) is 11.0 Å². The highest BCUT2D eigenvalue weighted by Gasteiger charge is 2.17. The lowest BCUT2D eigenvalue weighted by Crippen LogP contribution is -2.04. The molecule has 0 aliphatic heterocycles. The average molecular weight is 251 g/mol. The molecule has 0 amide bonds. The molecule has 3 heteroatoms. The maximum absolute atomic E-state index is 12.1. The first-order chi connectivity index (χ1) is 9.24. The molecule has 2 aromatic heterocycles. The summed E-state index contributed by atoms with van der Waals surface area (Å²) in [6, 6.07) is 7.87. The smallest absolute Gasteiger partial charge is 0.345 e. The lowest BCUT2D eigenvalue weighted by molar-refractivity contribution is 0.567. The van der Waals surface area contributed by atoms with Gasteiger partial charge in [-0.1, -0.05) is 12.1 Å². The standard InChI is InChI=1S/C16H13NO2/c1-9-4-2-6-11-14-12(16(18)19-15(9)11)8-10-5-3-7-13(10)17-14/h2,4,6,8H,3,5,7H2,1H3. The first-order valence-electron chi connectivity index (χ1n) is 6.59. The summed E-state index contributed by atoms with van der Waals surface area (Å²) in [6.45, 7) is 1.95. The summed E-state index contributed by atoms with van der Waals surface area (Å²) in [4.78, 5) is 16.9. The zero-order chi connectivity index (χ0) is 13.0. The van der Waals surface area contributed by atoms with E-state index in [0.717, 1.165) is 41.4 Å². The molecule has 1 aliphatic rings. The van der Waals surface area contributed by atoms with E-state index in [1.54, 1.807) is 0 Å². The SMILES string of the molecule is Cc1cccc2c1oc(=O)c1cc3c(nc12)CCC3. The van der Waals surface area contributed by atoms with E-state index in [2.05, 4.69) is 0 Å². The van der Waals surface area contributed by atoms with Gasteiger partial charge in [0.15, 0.2) is 0 Å². The summed E-state index contributed by atoms with van der Waals surface area (Å²) in [5.41, 5.74) is 4.48. The van der Waals surface area contributed by atoms with Crippen LogP contribution in [-0.2, 0) is 12.8 Å². The van der Waals surface area contributed by atoms with Crippen LogP contribution < -0.4 is 5.63 Å². The Bertz CT molecular complexity index is 877. The number of benzene rings is 1. The van der Waals surface area contributed by atoms with Gasteiger partial charge >= 0.3 is 5.63 Å². The van der Waals surface area contributed by atoms with Gasteiger partial charge in [-0.2, -0.15) is 0 Å². The fourth-order valence-electron chi connectivity index (χ4n) is 2.96. The number of hydrogen-bond donors (Lipinski definition) is 0. The van der Waals surface area contributed by atoms with Crippen molar-refractivity contribution in [2.24, 2.45) is 0 Å². The van der Waals surface area contributed by atoms with Crippen LogP contribution in [0.2, 0.25) is 0 Å². The molecule has 0 fully saturated rings. The predicted octanol–water partition coefficient (Wildman–Crippen LogP) is 3.14. The van der Waals surface area contributed by atoms with Crippen LogP contribution >= 0.6 is 0 Å². The number of rotatable bonds is 0. The van der Waals surface area contributed by atoms with E-state index in [4.69, 9.17) is 9.40 Å². The van der Waals surface area contributed by atoms with E-state index in [-0.39, 0.29) is 5.63 Å². The Morgan fingerprint density at radius 2 is 2.11 bits per heavy atom. The highest BCUT2D eigenvalue weighted by molar-refractivity contribution is 6.02. The van der Waals surface area contributed by atoms with Gasteiger partial charge in [-0.3, -0.25) is 4.98 Å². The molecule has 2 heterocycles. The van der Waals surface area contributed by atoms with Gasteiger partial charge in [-0.25, -0.2) is 4.79 Å². The molecule has 0 N–H and O–H groups in total. The number of fused-ring (bicyclic) bond motifs is 4. The second-order valence-electron chi connectivity index (χ2n) is 5.19. The predicted molar refractivity (Wildman–Crippen MR) is 74.5 cm³/mol. The number of nitrogens with zero attached hydrogens (tertiary/aromatic N) is 1. The maximum Gasteiger partial charge on any atom is 0.345 e. The molecule has 1 aliphatic carbocycles. The number of para-hydroxylation sites is 1. The maximum atomic E-state index is 12.1. The van der Waals surface area contributed by atoms with Crippen LogP contribution in [0.15, 0.2) is 33.5 Å². The highest BCUT2D eigenvalue weighted by Crippen LogP contribution is 2.28. The van der Waals surface area contributed by atoms with Gasteiger partial charge in [0.05, 0.1) is 10.9 Å². The number of aromatic nitrogens is 1. The Kier molecular flexibility index (Phi) is 2.07. The van der Waals surface area contributed by atoms with Crippen molar-refractivity contribution >= 4 is 21.9 Å². The molecule has 0 saturated carbocycles. The van der Waals surface area contributed by atoms with Crippen molar-refractivity contribution in [3.05, 3.63) is 51.5 Å². The highest BCUT2D eigenvalue weighted by atomic mass is 16.4. The van der Waals surface area contributed by atoms with Crippen LogP contribution in [0.3, 0.4) is 0 Å². The number of hydrogen-bond acceptors (Lipinski definition) is 3. The topological polar surface area (TPSA) is 43.1 Å². The van der Waals surface area contributed by atoms with Gasteiger partial charge in [0.25, 0.3) is 0 Å². The molecule has 4 rings (SSSR count). The fourth-order valence-corrected chi connectivity index (χ4v) is 2.96. The first kappa shape index (κ1) is 10.7. The average Bonchev–Trinajstić information content (AvgIpc) is 2.86. The molecule has 19 heavy (non-hydrogen) atoms. The molecule has 0 atom stereocenters. The number of aryl methyl sites for hydroxylation is 3. The molecule has 0 bridgehead atoms.